The summed E-state index contributed by atoms with van der Waals surface area (Å²) in [7, 11) is 0. The van der Waals surface area contributed by atoms with Crippen LogP contribution in [-0.4, -0.2) is 16.5 Å². The second-order valence-corrected chi connectivity index (χ2v) is 5.65. The fourth-order valence-electron chi connectivity index (χ4n) is 1.59. The molecule has 1 aromatic heterocycles. The van der Waals surface area contributed by atoms with E-state index in [0.717, 1.165) is 21.9 Å². The molecule has 1 atom stereocenters. The zero-order valence-corrected chi connectivity index (χ0v) is 10.6. The van der Waals surface area contributed by atoms with Crippen LogP contribution >= 0.6 is 22.6 Å². The second-order valence-electron chi connectivity index (χ2n) is 4.49. The summed E-state index contributed by atoms with van der Waals surface area (Å²) in [5.41, 5.74) is 0.533. The molecular weight excluding hydrogens is 289 g/mol. The topological polar surface area (TPSA) is 37.8 Å². The Balaban J connectivity index is 1.90. The molecule has 1 fully saturated rings. The van der Waals surface area contributed by atoms with Crippen molar-refractivity contribution >= 4 is 28.4 Å². The number of aromatic nitrogens is 2. The lowest BCUT2D eigenvalue weighted by atomic mass is 10.1. The molecule has 1 N–H and O–H groups in total. The van der Waals surface area contributed by atoms with Gasteiger partial charge in [-0.25, -0.2) is 9.97 Å². The third-order valence-electron chi connectivity index (χ3n) is 2.90. The molecular formula is C10H14IN3. The predicted octanol–water partition coefficient (Wildman–Crippen LogP) is 2.54. The average molecular weight is 303 g/mol. The van der Waals surface area contributed by atoms with Gasteiger partial charge in [0.1, 0.15) is 12.1 Å². The maximum Gasteiger partial charge on any atom is 0.142 e. The first-order chi connectivity index (χ1) is 6.59. The van der Waals surface area contributed by atoms with Crippen LogP contribution in [0.2, 0.25) is 0 Å². The highest BCUT2D eigenvalue weighted by Gasteiger charge is 2.45. The number of hydrogen-bond donors (Lipinski definition) is 1. The van der Waals surface area contributed by atoms with E-state index in [1.54, 1.807) is 6.33 Å². The molecule has 2 rings (SSSR count). The molecule has 76 valence electrons. The molecule has 14 heavy (non-hydrogen) atoms. The number of nitrogens with one attached hydrogen (secondary N) is 1. The van der Waals surface area contributed by atoms with Crippen LogP contribution in [0.4, 0.5) is 5.82 Å². The van der Waals surface area contributed by atoms with Crippen molar-refractivity contribution in [2.45, 2.75) is 20.3 Å². The number of rotatable bonds is 3. The van der Waals surface area contributed by atoms with Gasteiger partial charge in [0.2, 0.25) is 0 Å². The molecule has 0 spiro atoms. The SMILES string of the molecule is CC1(C)CC1CNc1ncncc1I. The Kier molecular flexibility index (Phi) is 2.64. The molecule has 0 radical (unpaired) electrons. The first-order valence-corrected chi connectivity index (χ1v) is 5.87. The van der Waals surface area contributed by atoms with Crippen molar-refractivity contribution < 1.29 is 0 Å². The van der Waals surface area contributed by atoms with Crippen molar-refractivity contribution in [2.24, 2.45) is 11.3 Å². The minimum absolute atomic E-state index is 0.533. The van der Waals surface area contributed by atoms with E-state index in [4.69, 9.17) is 0 Å². The van der Waals surface area contributed by atoms with Gasteiger partial charge in [0.05, 0.1) is 3.57 Å². The quantitative estimate of drug-likeness (QED) is 0.872. The van der Waals surface area contributed by atoms with Crippen LogP contribution < -0.4 is 5.32 Å². The summed E-state index contributed by atoms with van der Waals surface area (Å²) in [5, 5.41) is 3.37. The molecule has 1 aliphatic rings. The molecule has 0 saturated heterocycles. The van der Waals surface area contributed by atoms with Crippen molar-refractivity contribution in [3.05, 3.63) is 16.1 Å². The highest BCUT2D eigenvalue weighted by Crippen LogP contribution is 2.51. The Hall–Kier alpha value is -0.390. The smallest absolute Gasteiger partial charge is 0.142 e. The van der Waals surface area contributed by atoms with Gasteiger partial charge in [0, 0.05) is 12.7 Å². The van der Waals surface area contributed by atoms with Crippen LogP contribution in [0.5, 0.6) is 0 Å². The van der Waals surface area contributed by atoms with Crippen molar-refractivity contribution in [1.82, 2.24) is 9.97 Å². The van der Waals surface area contributed by atoms with Gasteiger partial charge in [0.15, 0.2) is 0 Å². The Morgan fingerprint density at radius 1 is 1.64 bits per heavy atom. The summed E-state index contributed by atoms with van der Waals surface area (Å²) >= 11 is 2.25. The third-order valence-corrected chi connectivity index (χ3v) is 3.69. The summed E-state index contributed by atoms with van der Waals surface area (Å²) in [6.45, 7) is 5.65. The Morgan fingerprint density at radius 2 is 2.36 bits per heavy atom. The molecule has 4 heteroatoms. The second kappa shape index (κ2) is 3.64. The van der Waals surface area contributed by atoms with E-state index in [0.29, 0.717) is 5.41 Å². The van der Waals surface area contributed by atoms with E-state index in [9.17, 15) is 0 Å². The molecule has 1 aliphatic carbocycles. The van der Waals surface area contributed by atoms with Crippen LogP contribution in [0.3, 0.4) is 0 Å². The van der Waals surface area contributed by atoms with Gasteiger partial charge in [0.25, 0.3) is 0 Å². The van der Waals surface area contributed by atoms with E-state index >= 15 is 0 Å². The van der Waals surface area contributed by atoms with E-state index in [1.165, 1.54) is 6.42 Å². The maximum atomic E-state index is 4.20. The largest absolute Gasteiger partial charge is 0.369 e. The monoisotopic (exact) mass is 303 g/mol. The highest BCUT2D eigenvalue weighted by molar-refractivity contribution is 14.1. The van der Waals surface area contributed by atoms with Crippen LogP contribution in [-0.2, 0) is 0 Å². The predicted molar refractivity (Wildman–Crippen MR) is 65.1 cm³/mol. The molecule has 1 heterocycles. The third kappa shape index (κ3) is 2.16. The molecule has 1 aromatic rings. The van der Waals surface area contributed by atoms with Crippen molar-refractivity contribution in [2.75, 3.05) is 11.9 Å². The maximum absolute atomic E-state index is 4.20. The number of halogens is 1. The standard InChI is InChI=1S/C10H14IN3/c1-10(2)3-7(10)4-13-9-8(11)5-12-6-14-9/h5-7H,3-4H2,1-2H3,(H,12,13,14). The van der Waals surface area contributed by atoms with E-state index in [1.807, 2.05) is 6.20 Å². The van der Waals surface area contributed by atoms with E-state index < -0.39 is 0 Å². The minimum atomic E-state index is 0.533. The Bertz CT molecular complexity index is 338. The molecule has 1 unspecified atom stereocenters. The Labute approximate surface area is 97.9 Å². The van der Waals surface area contributed by atoms with Crippen molar-refractivity contribution in [1.29, 1.82) is 0 Å². The lowest BCUT2D eigenvalue weighted by molar-refractivity contribution is 0.572. The summed E-state index contributed by atoms with van der Waals surface area (Å²) in [5.74, 6) is 1.76. The van der Waals surface area contributed by atoms with Gasteiger partial charge < -0.3 is 5.32 Å². The van der Waals surface area contributed by atoms with Gasteiger partial charge in [-0.1, -0.05) is 13.8 Å². The molecule has 0 aliphatic heterocycles. The zero-order valence-electron chi connectivity index (χ0n) is 8.42. The van der Waals surface area contributed by atoms with Crippen molar-refractivity contribution in [3.63, 3.8) is 0 Å². The minimum Gasteiger partial charge on any atom is -0.369 e. The fourth-order valence-corrected chi connectivity index (χ4v) is 2.08. The van der Waals surface area contributed by atoms with Gasteiger partial charge in [-0.2, -0.15) is 0 Å². The first-order valence-electron chi connectivity index (χ1n) is 4.79. The first kappa shape index (κ1) is 10.1. The van der Waals surface area contributed by atoms with Gasteiger partial charge in [-0.3, -0.25) is 0 Å². The van der Waals surface area contributed by atoms with Crippen LogP contribution in [0.15, 0.2) is 12.5 Å². The lowest BCUT2D eigenvalue weighted by Crippen LogP contribution is -2.09. The summed E-state index contributed by atoms with van der Waals surface area (Å²) in [6.07, 6.45) is 4.73. The van der Waals surface area contributed by atoms with Gasteiger partial charge >= 0.3 is 0 Å². The summed E-state index contributed by atoms with van der Waals surface area (Å²) in [6, 6.07) is 0. The van der Waals surface area contributed by atoms with Gasteiger partial charge in [-0.05, 0) is 40.3 Å². The van der Waals surface area contributed by atoms with Crippen LogP contribution in [0.25, 0.3) is 0 Å². The fraction of sp³-hybridized carbons (Fsp3) is 0.600. The highest BCUT2D eigenvalue weighted by atomic mass is 127. The molecule has 0 bridgehead atoms. The summed E-state index contributed by atoms with van der Waals surface area (Å²) in [4.78, 5) is 8.15. The number of hydrogen-bond acceptors (Lipinski definition) is 3. The average Bonchev–Trinajstić information content (AvgIpc) is 2.73. The zero-order chi connectivity index (χ0) is 10.2. The van der Waals surface area contributed by atoms with E-state index in [-0.39, 0.29) is 0 Å². The normalized spacial score (nSPS) is 23.2. The number of anilines is 1. The van der Waals surface area contributed by atoms with Gasteiger partial charge in [-0.15, -0.1) is 0 Å². The van der Waals surface area contributed by atoms with E-state index in [2.05, 4.69) is 51.7 Å². The molecule has 1 saturated carbocycles. The lowest BCUT2D eigenvalue weighted by Gasteiger charge is -2.07. The summed E-state index contributed by atoms with van der Waals surface area (Å²) < 4.78 is 1.09. The van der Waals surface area contributed by atoms with Crippen molar-refractivity contribution in [3.8, 4) is 0 Å². The molecule has 3 nitrogen and oxygen atoms in total. The number of nitrogens with zero attached hydrogens (tertiary/aromatic N) is 2. The Morgan fingerprint density at radius 3 is 2.93 bits per heavy atom. The van der Waals surface area contributed by atoms with Crippen LogP contribution in [0, 0.1) is 14.9 Å². The molecule has 0 aromatic carbocycles. The molecule has 0 amide bonds. The van der Waals surface area contributed by atoms with Crippen LogP contribution in [0.1, 0.15) is 20.3 Å².